The molecule has 1 heterocycles. The zero-order chi connectivity index (χ0) is 12.0. The molecule has 16 heavy (non-hydrogen) atoms. The van der Waals surface area contributed by atoms with Gasteiger partial charge in [-0.2, -0.15) is 0 Å². The van der Waals surface area contributed by atoms with Crippen molar-refractivity contribution >= 4 is 11.3 Å². The van der Waals surface area contributed by atoms with Crippen molar-refractivity contribution in [1.82, 2.24) is 4.90 Å². The molecule has 0 radical (unpaired) electrons. The van der Waals surface area contributed by atoms with Crippen LogP contribution in [0, 0.1) is 0 Å². The maximum atomic E-state index is 5.66. The summed E-state index contributed by atoms with van der Waals surface area (Å²) in [5.74, 6) is 0. The monoisotopic (exact) mass is 242 g/mol. The van der Waals surface area contributed by atoms with Crippen LogP contribution in [0.3, 0.4) is 0 Å². The Morgan fingerprint density at radius 1 is 1.50 bits per heavy atom. The van der Waals surface area contributed by atoms with Crippen molar-refractivity contribution in [3.8, 4) is 0 Å². The first-order valence-electron chi connectivity index (χ1n) is 5.66. The highest BCUT2D eigenvalue weighted by molar-refractivity contribution is 7.09. The number of nitrogens with two attached hydrogens (primary N) is 1. The highest BCUT2D eigenvalue weighted by atomic mass is 32.1. The van der Waals surface area contributed by atoms with Crippen molar-refractivity contribution < 1.29 is 4.74 Å². The Morgan fingerprint density at radius 3 is 2.69 bits per heavy atom. The van der Waals surface area contributed by atoms with E-state index >= 15 is 0 Å². The van der Waals surface area contributed by atoms with Gasteiger partial charge in [-0.1, -0.05) is 6.07 Å². The van der Waals surface area contributed by atoms with Gasteiger partial charge in [0.2, 0.25) is 0 Å². The SMILES string of the molecule is COC(CN)CN(Cc1cccs1)C(C)C. The lowest BCUT2D eigenvalue weighted by molar-refractivity contribution is 0.0562. The minimum Gasteiger partial charge on any atom is -0.379 e. The number of hydrogen-bond acceptors (Lipinski definition) is 4. The molecule has 1 aromatic rings. The molecule has 0 aliphatic heterocycles. The normalized spacial score (nSPS) is 13.6. The van der Waals surface area contributed by atoms with E-state index in [9.17, 15) is 0 Å². The molecule has 0 bridgehead atoms. The Morgan fingerprint density at radius 2 is 2.25 bits per heavy atom. The lowest BCUT2D eigenvalue weighted by atomic mass is 10.2. The Kier molecular flexibility index (Phi) is 5.98. The van der Waals surface area contributed by atoms with Crippen LogP contribution in [0.5, 0.6) is 0 Å². The zero-order valence-corrected chi connectivity index (χ0v) is 11.2. The van der Waals surface area contributed by atoms with E-state index in [1.54, 1.807) is 18.4 Å². The summed E-state index contributed by atoms with van der Waals surface area (Å²) in [6.45, 7) is 6.86. The van der Waals surface area contributed by atoms with Crippen LogP contribution >= 0.6 is 11.3 Å². The lowest BCUT2D eigenvalue weighted by Crippen LogP contribution is -2.40. The van der Waals surface area contributed by atoms with Gasteiger partial charge in [0.1, 0.15) is 0 Å². The fraction of sp³-hybridized carbons (Fsp3) is 0.667. The Hall–Kier alpha value is -0.420. The highest BCUT2D eigenvalue weighted by Crippen LogP contribution is 2.14. The highest BCUT2D eigenvalue weighted by Gasteiger charge is 2.15. The number of rotatable bonds is 7. The largest absolute Gasteiger partial charge is 0.379 e. The molecule has 2 N–H and O–H groups in total. The maximum Gasteiger partial charge on any atom is 0.0820 e. The average molecular weight is 242 g/mol. The summed E-state index contributed by atoms with van der Waals surface area (Å²) >= 11 is 1.80. The molecule has 4 heteroatoms. The quantitative estimate of drug-likeness (QED) is 0.794. The van der Waals surface area contributed by atoms with Crippen LogP contribution in [-0.2, 0) is 11.3 Å². The average Bonchev–Trinajstić information content (AvgIpc) is 2.76. The summed E-state index contributed by atoms with van der Waals surface area (Å²) in [7, 11) is 1.72. The first-order valence-corrected chi connectivity index (χ1v) is 6.54. The third-order valence-corrected chi connectivity index (χ3v) is 3.56. The molecule has 0 fully saturated rings. The van der Waals surface area contributed by atoms with Crippen LogP contribution in [0.15, 0.2) is 17.5 Å². The second kappa shape index (κ2) is 7.01. The van der Waals surface area contributed by atoms with E-state index in [0.717, 1.165) is 13.1 Å². The van der Waals surface area contributed by atoms with E-state index in [2.05, 4.69) is 36.3 Å². The van der Waals surface area contributed by atoms with Gasteiger partial charge in [0, 0.05) is 37.7 Å². The number of ether oxygens (including phenoxy) is 1. The lowest BCUT2D eigenvalue weighted by Gasteiger charge is -2.29. The molecular formula is C12H22N2OS. The van der Waals surface area contributed by atoms with E-state index in [1.165, 1.54) is 4.88 Å². The van der Waals surface area contributed by atoms with Gasteiger partial charge in [-0.15, -0.1) is 11.3 Å². The summed E-state index contributed by atoms with van der Waals surface area (Å²) in [6, 6.07) is 4.77. The molecule has 3 nitrogen and oxygen atoms in total. The molecule has 0 amide bonds. The predicted molar refractivity (Wildman–Crippen MR) is 69.7 cm³/mol. The fourth-order valence-electron chi connectivity index (χ4n) is 1.57. The summed E-state index contributed by atoms with van der Waals surface area (Å²) in [5.41, 5.74) is 5.66. The molecule has 1 rings (SSSR count). The van der Waals surface area contributed by atoms with Crippen molar-refractivity contribution in [2.24, 2.45) is 5.73 Å². The number of thiophene rings is 1. The zero-order valence-electron chi connectivity index (χ0n) is 10.3. The Bertz CT molecular complexity index is 271. The molecule has 0 aromatic carbocycles. The summed E-state index contributed by atoms with van der Waals surface area (Å²) < 4.78 is 5.34. The van der Waals surface area contributed by atoms with Gasteiger partial charge in [-0.05, 0) is 25.3 Å². The molecule has 1 atom stereocenters. The smallest absolute Gasteiger partial charge is 0.0820 e. The number of hydrogen-bond donors (Lipinski definition) is 1. The van der Waals surface area contributed by atoms with Crippen LogP contribution in [-0.4, -0.2) is 37.2 Å². The first-order chi connectivity index (χ1) is 7.67. The van der Waals surface area contributed by atoms with Crippen LogP contribution in [0.1, 0.15) is 18.7 Å². The summed E-state index contributed by atoms with van der Waals surface area (Å²) in [5, 5.41) is 2.12. The molecule has 0 saturated carbocycles. The molecule has 1 unspecified atom stereocenters. The van der Waals surface area contributed by atoms with Crippen molar-refractivity contribution in [2.45, 2.75) is 32.5 Å². The van der Waals surface area contributed by atoms with Crippen molar-refractivity contribution in [3.05, 3.63) is 22.4 Å². The van der Waals surface area contributed by atoms with Crippen LogP contribution in [0.2, 0.25) is 0 Å². The molecule has 0 saturated heterocycles. The summed E-state index contributed by atoms with van der Waals surface area (Å²) in [4.78, 5) is 3.79. The topological polar surface area (TPSA) is 38.5 Å². The molecule has 0 aliphatic carbocycles. The molecule has 0 spiro atoms. The van der Waals surface area contributed by atoms with E-state index in [0.29, 0.717) is 12.6 Å². The van der Waals surface area contributed by atoms with E-state index in [-0.39, 0.29) is 6.10 Å². The van der Waals surface area contributed by atoms with Gasteiger partial charge in [-0.25, -0.2) is 0 Å². The maximum absolute atomic E-state index is 5.66. The van der Waals surface area contributed by atoms with Gasteiger partial charge in [0.05, 0.1) is 6.10 Å². The van der Waals surface area contributed by atoms with Gasteiger partial charge >= 0.3 is 0 Å². The number of methoxy groups -OCH3 is 1. The molecule has 1 aromatic heterocycles. The second-order valence-electron chi connectivity index (χ2n) is 4.20. The van der Waals surface area contributed by atoms with Gasteiger partial charge in [-0.3, -0.25) is 4.90 Å². The minimum atomic E-state index is 0.127. The van der Waals surface area contributed by atoms with Crippen LogP contribution in [0.4, 0.5) is 0 Å². The van der Waals surface area contributed by atoms with Crippen LogP contribution < -0.4 is 5.73 Å². The Balaban J connectivity index is 2.54. The molecule has 92 valence electrons. The predicted octanol–water partition coefficient (Wildman–Crippen LogP) is 1.93. The van der Waals surface area contributed by atoms with Gasteiger partial charge < -0.3 is 10.5 Å². The second-order valence-corrected chi connectivity index (χ2v) is 5.23. The van der Waals surface area contributed by atoms with Gasteiger partial charge in [0.25, 0.3) is 0 Å². The molecule has 0 aliphatic rings. The fourth-order valence-corrected chi connectivity index (χ4v) is 2.30. The number of nitrogens with zero attached hydrogens (tertiary/aromatic N) is 1. The third-order valence-electron chi connectivity index (χ3n) is 2.70. The Labute approximate surface area is 102 Å². The van der Waals surface area contributed by atoms with Crippen LogP contribution in [0.25, 0.3) is 0 Å². The van der Waals surface area contributed by atoms with E-state index < -0.39 is 0 Å². The van der Waals surface area contributed by atoms with E-state index in [4.69, 9.17) is 10.5 Å². The minimum absolute atomic E-state index is 0.127. The van der Waals surface area contributed by atoms with Gasteiger partial charge in [0.15, 0.2) is 0 Å². The van der Waals surface area contributed by atoms with Crippen molar-refractivity contribution in [3.63, 3.8) is 0 Å². The van der Waals surface area contributed by atoms with Crippen molar-refractivity contribution in [1.29, 1.82) is 0 Å². The van der Waals surface area contributed by atoms with Crippen molar-refractivity contribution in [2.75, 3.05) is 20.2 Å². The van der Waals surface area contributed by atoms with E-state index in [1.807, 2.05) is 0 Å². The third kappa shape index (κ3) is 4.22. The molecular weight excluding hydrogens is 220 g/mol. The summed E-state index contributed by atoms with van der Waals surface area (Å²) in [6.07, 6.45) is 0.127. The first kappa shape index (κ1) is 13.6. The standard InChI is InChI=1S/C12H22N2OS/c1-10(2)14(8-11(7-13)15-3)9-12-5-4-6-16-12/h4-6,10-11H,7-9,13H2,1-3H3.